The van der Waals surface area contributed by atoms with E-state index < -0.39 is 4.87 Å². The van der Waals surface area contributed by atoms with Gasteiger partial charge < -0.3 is 10.2 Å². The summed E-state index contributed by atoms with van der Waals surface area (Å²) in [6.45, 7) is 4.64. The van der Waals surface area contributed by atoms with Crippen molar-refractivity contribution in [3.05, 3.63) is 0 Å². The van der Waals surface area contributed by atoms with Gasteiger partial charge in [0.1, 0.15) is 0 Å². The highest BCUT2D eigenvalue weighted by atomic mass is 35.5. The summed E-state index contributed by atoms with van der Waals surface area (Å²) >= 11 is 6.61. The Bertz CT molecular complexity index is 252. The zero-order valence-corrected chi connectivity index (χ0v) is 17.1. The molecule has 0 aromatic carbocycles. The summed E-state index contributed by atoms with van der Waals surface area (Å²) in [4.78, 5) is -0.429. The van der Waals surface area contributed by atoms with E-state index in [1.54, 1.807) is 0 Å². The third-order valence-electron chi connectivity index (χ3n) is 5.43. The Kier molecular flexibility index (Phi) is 16.8. The number of hydrogen-bond donors (Lipinski definition) is 2. The normalized spacial score (nSPS) is 13.4. The molecule has 0 amide bonds. The zero-order chi connectivity index (χ0) is 18.1. The number of halogens is 1. The predicted molar refractivity (Wildman–Crippen MR) is 107 cm³/mol. The summed E-state index contributed by atoms with van der Waals surface area (Å²) in [6.07, 6.45) is 18.7. The van der Waals surface area contributed by atoms with Gasteiger partial charge in [-0.15, -0.1) is 11.6 Å². The van der Waals surface area contributed by atoms with Gasteiger partial charge >= 0.3 is 0 Å². The van der Waals surface area contributed by atoms with Gasteiger partial charge in [-0.1, -0.05) is 90.9 Å². The molecule has 0 aliphatic rings. The third kappa shape index (κ3) is 12.6. The van der Waals surface area contributed by atoms with Crippen molar-refractivity contribution in [2.45, 2.75) is 115 Å². The van der Waals surface area contributed by atoms with Crippen molar-refractivity contribution in [2.24, 2.45) is 5.92 Å². The first kappa shape index (κ1) is 24.2. The number of hydrogen-bond acceptors (Lipinski definition) is 2. The average Bonchev–Trinajstić information content (AvgIpc) is 2.56. The third-order valence-corrected chi connectivity index (χ3v) is 6.18. The number of aliphatic hydroxyl groups excluding tert-OH is 2. The fourth-order valence-corrected chi connectivity index (χ4v) is 3.82. The van der Waals surface area contributed by atoms with E-state index >= 15 is 0 Å². The molecule has 0 fully saturated rings. The molecule has 0 radical (unpaired) electrons. The van der Waals surface area contributed by atoms with Crippen LogP contribution in [-0.2, 0) is 0 Å². The van der Waals surface area contributed by atoms with Crippen LogP contribution in [0.4, 0.5) is 0 Å². The summed E-state index contributed by atoms with van der Waals surface area (Å²) < 4.78 is 0. The molecule has 0 rings (SSSR count). The van der Waals surface area contributed by atoms with Gasteiger partial charge in [0.2, 0.25) is 0 Å². The minimum atomic E-state index is -0.429. The van der Waals surface area contributed by atoms with E-state index in [1.807, 2.05) is 0 Å². The predicted octanol–water partition coefficient (Wildman–Crippen LogP) is 6.46. The Balaban J connectivity index is 3.51. The van der Waals surface area contributed by atoms with Gasteiger partial charge in [0.15, 0.2) is 0 Å². The highest BCUT2D eigenvalue weighted by Crippen LogP contribution is 2.35. The summed E-state index contributed by atoms with van der Waals surface area (Å²) in [5.41, 5.74) is 0. The van der Waals surface area contributed by atoms with Gasteiger partial charge in [-0.2, -0.15) is 0 Å². The fraction of sp³-hybridized carbons (Fsp3) is 1.00. The molecule has 1 unspecified atom stereocenters. The van der Waals surface area contributed by atoms with E-state index in [1.165, 1.54) is 77.0 Å². The summed E-state index contributed by atoms with van der Waals surface area (Å²) in [6, 6.07) is 0. The standard InChI is InChI=1S/C21H43ClO2/c1-3-4-5-6-7-8-9-10-11-12-13-14-15-20(2)21(22,16-18-23)17-19-24/h20,23-24H,3-19H2,1-2H3. The van der Waals surface area contributed by atoms with Crippen molar-refractivity contribution in [1.29, 1.82) is 0 Å². The lowest BCUT2D eigenvalue weighted by Crippen LogP contribution is -2.32. The molecule has 0 bridgehead atoms. The molecule has 1 atom stereocenters. The van der Waals surface area contributed by atoms with E-state index in [2.05, 4.69) is 13.8 Å². The largest absolute Gasteiger partial charge is 0.396 e. The second-order valence-corrected chi connectivity index (χ2v) is 8.31. The molecule has 0 aromatic rings. The number of rotatable bonds is 18. The fourth-order valence-electron chi connectivity index (χ4n) is 3.54. The van der Waals surface area contributed by atoms with Gasteiger partial charge in [-0.3, -0.25) is 0 Å². The number of aliphatic hydroxyl groups is 2. The van der Waals surface area contributed by atoms with Crippen LogP contribution in [-0.4, -0.2) is 28.3 Å². The molecule has 0 saturated carbocycles. The molecule has 2 nitrogen and oxygen atoms in total. The smallest absolute Gasteiger partial charge is 0.0515 e. The van der Waals surface area contributed by atoms with E-state index in [-0.39, 0.29) is 13.2 Å². The molecule has 3 heteroatoms. The minimum absolute atomic E-state index is 0.103. The minimum Gasteiger partial charge on any atom is -0.396 e. The molecule has 0 aliphatic heterocycles. The molecular weight excluding hydrogens is 320 g/mol. The molecule has 0 aliphatic carbocycles. The maximum Gasteiger partial charge on any atom is 0.0515 e. The zero-order valence-electron chi connectivity index (χ0n) is 16.4. The van der Waals surface area contributed by atoms with E-state index in [4.69, 9.17) is 11.6 Å². The molecule has 2 N–H and O–H groups in total. The van der Waals surface area contributed by atoms with Crippen LogP contribution in [0.15, 0.2) is 0 Å². The van der Waals surface area contributed by atoms with E-state index in [9.17, 15) is 10.2 Å². The maximum atomic E-state index is 9.18. The van der Waals surface area contributed by atoms with Crippen LogP contribution in [0.5, 0.6) is 0 Å². The van der Waals surface area contributed by atoms with Crippen molar-refractivity contribution < 1.29 is 10.2 Å². The van der Waals surface area contributed by atoms with Crippen LogP contribution in [0.2, 0.25) is 0 Å². The average molecular weight is 363 g/mol. The highest BCUT2D eigenvalue weighted by molar-refractivity contribution is 6.24. The first-order valence-corrected chi connectivity index (χ1v) is 10.9. The van der Waals surface area contributed by atoms with Crippen LogP contribution >= 0.6 is 11.6 Å². The van der Waals surface area contributed by atoms with Gasteiger partial charge in [0, 0.05) is 13.2 Å². The molecule has 24 heavy (non-hydrogen) atoms. The lowest BCUT2D eigenvalue weighted by atomic mass is 9.84. The Morgan fingerprint density at radius 3 is 1.46 bits per heavy atom. The first-order valence-electron chi connectivity index (χ1n) is 10.5. The van der Waals surface area contributed by atoms with Crippen molar-refractivity contribution in [2.75, 3.05) is 13.2 Å². The lowest BCUT2D eigenvalue weighted by Gasteiger charge is -2.32. The van der Waals surface area contributed by atoms with Gasteiger partial charge in [-0.25, -0.2) is 0 Å². The second kappa shape index (κ2) is 16.7. The number of unbranched alkanes of at least 4 members (excludes halogenated alkanes) is 11. The van der Waals surface area contributed by atoms with Crippen LogP contribution in [0.3, 0.4) is 0 Å². The molecule has 0 aromatic heterocycles. The molecule has 146 valence electrons. The highest BCUT2D eigenvalue weighted by Gasteiger charge is 2.32. The monoisotopic (exact) mass is 362 g/mol. The Hall–Kier alpha value is 0.210. The van der Waals surface area contributed by atoms with Crippen LogP contribution in [0.1, 0.15) is 110 Å². The van der Waals surface area contributed by atoms with Crippen molar-refractivity contribution in [3.63, 3.8) is 0 Å². The van der Waals surface area contributed by atoms with Gasteiger partial charge in [0.25, 0.3) is 0 Å². The Morgan fingerprint density at radius 2 is 1.08 bits per heavy atom. The quantitative estimate of drug-likeness (QED) is 0.217. The SMILES string of the molecule is CCCCCCCCCCCCCCC(C)C(Cl)(CCO)CCO. The summed E-state index contributed by atoms with van der Waals surface area (Å²) in [5, 5.41) is 18.4. The van der Waals surface area contributed by atoms with E-state index in [0.717, 1.165) is 6.42 Å². The molecule has 0 heterocycles. The van der Waals surface area contributed by atoms with Crippen molar-refractivity contribution >= 4 is 11.6 Å². The Morgan fingerprint density at radius 1 is 0.708 bits per heavy atom. The lowest BCUT2D eigenvalue weighted by molar-refractivity contribution is 0.193. The van der Waals surface area contributed by atoms with Crippen molar-refractivity contribution in [3.8, 4) is 0 Å². The van der Waals surface area contributed by atoms with E-state index in [0.29, 0.717) is 18.8 Å². The molecule has 0 spiro atoms. The maximum absolute atomic E-state index is 9.18. The first-order chi connectivity index (χ1) is 11.6. The van der Waals surface area contributed by atoms with Crippen LogP contribution in [0, 0.1) is 5.92 Å². The van der Waals surface area contributed by atoms with Crippen molar-refractivity contribution in [1.82, 2.24) is 0 Å². The van der Waals surface area contributed by atoms with Gasteiger partial charge in [-0.05, 0) is 25.2 Å². The molecular formula is C21H43ClO2. The van der Waals surface area contributed by atoms with Gasteiger partial charge in [0.05, 0.1) is 4.87 Å². The molecule has 0 saturated heterocycles. The Labute approximate surface area is 156 Å². The summed E-state index contributed by atoms with van der Waals surface area (Å²) in [7, 11) is 0. The summed E-state index contributed by atoms with van der Waals surface area (Å²) in [5.74, 6) is 0.349. The topological polar surface area (TPSA) is 40.5 Å². The second-order valence-electron chi connectivity index (χ2n) is 7.56. The number of alkyl halides is 1. The van der Waals surface area contributed by atoms with Crippen LogP contribution < -0.4 is 0 Å². The van der Waals surface area contributed by atoms with Crippen LogP contribution in [0.25, 0.3) is 0 Å².